The minimum absolute atomic E-state index is 0.0822. The molecule has 31 heavy (non-hydrogen) atoms. The third-order valence-electron chi connectivity index (χ3n) is 5.40. The first kappa shape index (κ1) is 21.6. The average Bonchev–Trinajstić information content (AvgIpc) is 3.17. The van der Waals surface area contributed by atoms with Gasteiger partial charge in [0.15, 0.2) is 0 Å². The van der Waals surface area contributed by atoms with Gasteiger partial charge in [0, 0.05) is 28.8 Å². The van der Waals surface area contributed by atoms with Crippen LogP contribution in [0.2, 0.25) is 0 Å². The molecule has 0 saturated carbocycles. The van der Waals surface area contributed by atoms with Crippen LogP contribution >= 0.6 is 15.9 Å². The number of halogens is 1. The molecule has 0 saturated heterocycles. The summed E-state index contributed by atoms with van der Waals surface area (Å²) in [5.41, 5.74) is 4.68. The van der Waals surface area contributed by atoms with Gasteiger partial charge in [-0.2, -0.15) is 0 Å². The normalized spacial score (nSPS) is 13.2. The zero-order valence-electron chi connectivity index (χ0n) is 17.1. The number of nitrogens with one attached hydrogen (secondary N) is 1. The molecule has 1 aliphatic rings. The molecule has 1 heterocycles. The molecule has 3 aromatic rings. The third kappa shape index (κ3) is 4.99. The largest absolute Gasteiger partial charge is 0.312 e. The molecule has 0 unspecified atom stereocenters. The highest BCUT2D eigenvalue weighted by atomic mass is 79.9. The average molecular weight is 499 g/mol. The van der Waals surface area contributed by atoms with Crippen molar-refractivity contribution in [1.82, 2.24) is 0 Å². The number of carbonyl (C=O) groups excluding carboxylic acids is 1. The summed E-state index contributed by atoms with van der Waals surface area (Å²) in [6.45, 7) is 2.65. The van der Waals surface area contributed by atoms with Crippen LogP contribution in [0.5, 0.6) is 0 Å². The lowest BCUT2D eigenvalue weighted by Crippen LogP contribution is -2.29. The van der Waals surface area contributed by atoms with Crippen molar-refractivity contribution in [2.24, 2.45) is 0 Å². The number of hydrogen-bond acceptors (Lipinski definition) is 3. The zero-order valence-corrected chi connectivity index (χ0v) is 19.5. The van der Waals surface area contributed by atoms with E-state index in [1.54, 1.807) is 36.4 Å². The van der Waals surface area contributed by atoms with Crippen LogP contribution in [0, 0.1) is 6.92 Å². The van der Waals surface area contributed by atoms with Crippen LogP contribution in [0.3, 0.4) is 0 Å². The monoisotopic (exact) mass is 498 g/mol. The van der Waals surface area contributed by atoms with Gasteiger partial charge in [-0.15, -0.1) is 0 Å². The minimum Gasteiger partial charge on any atom is -0.312 e. The summed E-state index contributed by atoms with van der Waals surface area (Å²) in [5, 5.41) is 0. The van der Waals surface area contributed by atoms with Crippen LogP contribution in [0.15, 0.2) is 76.1 Å². The summed E-state index contributed by atoms with van der Waals surface area (Å²) in [5.74, 6) is 0.0822. The van der Waals surface area contributed by atoms with E-state index in [0.717, 1.165) is 27.7 Å². The van der Waals surface area contributed by atoms with E-state index in [-0.39, 0.29) is 10.8 Å². The molecule has 0 aliphatic carbocycles. The van der Waals surface area contributed by atoms with Crippen LogP contribution < -0.4 is 9.62 Å². The Kier molecular flexibility index (Phi) is 6.16. The third-order valence-corrected chi connectivity index (χ3v) is 7.29. The number of sulfonamides is 1. The number of anilines is 2. The van der Waals surface area contributed by atoms with Gasteiger partial charge in [-0.3, -0.25) is 9.52 Å². The van der Waals surface area contributed by atoms with Gasteiger partial charge in [-0.25, -0.2) is 8.42 Å². The Labute approximate surface area is 191 Å². The second kappa shape index (κ2) is 8.85. The maximum absolute atomic E-state index is 12.7. The number of hydrogen-bond donors (Lipinski definition) is 1. The number of benzene rings is 3. The second-order valence-electron chi connectivity index (χ2n) is 7.68. The highest BCUT2D eigenvalue weighted by molar-refractivity contribution is 9.10. The number of aryl methyl sites for hydroxylation is 2. The summed E-state index contributed by atoms with van der Waals surface area (Å²) < 4.78 is 28.8. The molecular weight excluding hydrogens is 476 g/mol. The van der Waals surface area contributed by atoms with Crippen molar-refractivity contribution in [3.05, 3.63) is 87.9 Å². The molecule has 0 spiro atoms. The van der Waals surface area contributed by atoms with Gasteiger partial charge in [0.2, 0.25) is 5.91 Å². The molecule has 1 aliphatic heterocycles. The smallest absolute Gasteiger partial charge is 0.261 e. The fourth-order valence-electron chi connectivity index (χ4n) is 3.69. The summed E-state index contributed by atoms with van der Waals surface area (Å²) >= 11 is 3.47. The van der Waals surface area contributed by atoms with E-state index in [4.69, 9.17) is 0 Å². The van der Waals surface area contributed by atoms with Gasteiger partial charge in [0.25, 0.3) is 10.0 Å². The van der Waals surface area contributed by atoms with Crippen molar-refractivity contribution in [2.75, 3.05) is 16.2 Å². The van der Waals surface area contributed by atoms with Crippen LogP contribution in [0.25, 0.3) is 0 Å². The van der Waals surface area contributed by atoms with Crippen molar-refractivity contribution in [3.8, 4) is 0 Å². The molecule has 0 atom stereocenters. The van der Waals surface area contributed by atoms with Crippen molar-refractivity contribution in [1.29, 1.82) is 0 Å². The molecule has 0 fully saturated rings. The summed E-state index contributed by atoms with van der Waals surface area (Å²) in [6.07, 6.45) is 1.80. The van der Waals surface area contributed by atoms with Gasteiger partial charge in [-0.1, -0.05) is 45.8 Å². The fourth-order valence-corrected chi connectivity index (χ4v) is 5.15. The molecule has 1 amide bonds. The van der Waals surface area contributed by atoms with Crippen molar-refractivity contribution in [2.45, 2.75) is 31.1 Å². The molecule has 7 heteroatoms. The van der Waals surface area contributed by atoms with Gasteiger partial charge < -0.3 is 4.90 Å². The Balaban J connectivity index is 1.38. The standard InChI is InChI=1S/C24H23BrN2O3S/c1-17-2-8-21(9-3-17)26-31(29,30)22-10-4-18(5-11-22)6-13-24(28)27-15-14-19-16-20(25)7-12-23(19)27/h2-5,7-12,16,26H,6,13-15H2,1H3. The SMILES string of the molecule is Cc1ccc(NS(=O)(=O)c2ccc(CCC(=O)N3CCc4cc(Br)ccc43)cc2)cc1. The van der Waals surface area contributed by atoms with Crippen molar-refractivity contribution < 1.29 is 13.2 Å². The lowest BCUT2D eigenvalue weighted by Gasteiger charge is -2.17. The topological polar surface area (TPSA) is 66.5 Å². The van der Waals surface area contributed by atoms with E-state index in [1.807, 2.05) is 36.1 Å². The molecule has 160 valence electrons. The number of nitrogens with zero attached hydrogens (tertiary/aromatic N) is 1. The molecule has 0 aromatic heterocycles. The predicted octanol–water partition coefficient (Wildman–Crippen LogP) is 5.08. The summed E-state index contributed by atoms with van der Waals surface area (Å²) in [7, 11) is -3.65. The number of carbonyl (C=O) groups is 1. The Morgan fingerprint density at radius 2 is 1.74 bits per heavy atom. The fraction of sp³-hybridized carbons (Fsp3) is 0.208. The molecule has 5 nitrogen and oxygen atoms in total. The zero-order chi connectivity index (χ0) is 22.0. The Morgan fingerprint density at radius 1 is 1.03 bits per heavy atom. The van der Waals surface area contributed by atoms with Crippen LogP contribution in [0.4, 0.5) is 11.4 Å². The van der Waals surface area contributed by atoms with Gasteiger partial charge >= 0.3 is 0 Å². The first-order valence-electron chi connectivity index (χ1n) is 10.1. The summed E-state index contributed by atoms with van der Waals surface area (Å²) in [4.78, 5) is 14.8. The maximum atomic E-state index is 12.7. The highest BCUT2D eigenvalue weighted by Gasteiger charge is 2.24. The van der Waals surface area contributed by atoms with E-state index in [1.165, 1.54) is 5.56 Å². The van der Waals surface area contributed by atoms with E-state index < -0.39 is 10.0 Å². The van der Waals surface area contributed by atoms with Crippen molar-refractivity contribution in [3.63, 3.8) is 0 Å². The Bertz CT molecular complexity index is 1210. The van der Waals surface area contributed by atoms with Crippen LogP contribution in [-0.4, -0.2) is 20.9 Å². The van der Waals surface area contributed by atoms with Crippen LogP contribution in [-0.2, 0) is 27.7 Å². The van der Waals surface area contributed by atoms with Crippen molar-refractivity contribution >= 4 is 43.2 Å². The van der Waals surface area contributed by atoms with Gasteiger partial charge in [0.1, 0.15) is 0 Å². The molecule has 0 bridgehead atoms. The van der Waals surface area contributed by atoms with E-state index in [9.17, 15) is 13.2 Å². The Hall–Kier alpha value is -2.64. The van der Waals surface area contributed by atoms with Gasteiger partial charge in [-0.05, 0) is 73.4 Å². The molecule has 0 radical (unpaired) electrons. The lowest BCUT2D eigenvalue weighted by molar-refractivity contribution is -0.118. The molecule has 1 N–H and O–H groups in total. The second-order valence-corrected chi connectivity index (χ2v) is 10.3. The van der Waals surface area contributed by atoms with E-state index >= 15 is 0 Å². The first-order valence-corrected chi connectivity index (χ1v) is 12.4. The molecule has 3 aromatic carbocycles. The summed E-state index contributed by atoms with van der Waals surface area (Å²) in [6, 6.07) is 19.9. The molecule has 4 rings (SSSR count). The van der Waals surface area contributed by atoms with Gasteiger partial charge in [0.05, 0.1) is 4.90 Å². The maximum Gasteiger partial charge on any atom is 0.261 e. The Morgan fingerprint density at radius 3 is 2.45 bits per heavy atom. The highest BCUT2D eigenvalue weighted by Crippen LogP contribution is 2.31. The number of fused-ring (bicyclic) bond motifs is 1. The van der Waals surface area contributed by atoms with E-state index in [2.05, 4.69) is 26.7 Å². The van der Waals surface area contributed by atoms with E-state index in [0.29, 0.717) is 25.1 Å². The first-order chi connectivity index (χ1) is 14.8. The lowest BCUT2D eigenvalue weighted by atomic mass is 10.1. The predicted molar refractivity (Wildman–Crippen MR) is 127 cm³/mol. The number of amides is 1. The van der Waals surface area contributed by atoms with Crippen LogP contribution in [0.1, 0.15) is 23.1 Å². The number of rotatable bonds is 6. The minimum atomic E-state index is -3.65. The molecular formula is C24H23BrN2O3S. The quantitative estimate of drug-likeness (QED) is 0.515.